The van der Waals surface area contributed by atoms with Crippen molar-refractivity contribution in [1.29, 1.82) is 0 Å². The van der Waals surface area contributed by atoms with Crippen molar-refractivity contribution in [3.63, 3.8) is 0 Å². The normalized spacial score (nSPS) is 17.7. The van der Waals surface area contributed by atoms with Gasteiger partial charge in [-0.1, -0.05) is 62.7 Å². The molecular formula is C34H41ClF3N5O6S. The number of aliphatic hydroxyl groups is 1. The highest BCUT2D eigenvalue weighted by Crippen LogP contribution is 2.39. The second-order valence-corrected chi connectivity index (χ2v) is 15.9. The lowest BCUT2D eigenvalue weighted by molar-refractivity contribution is -0.188. The maximum atomic E-state index is 13.3. The fourth-order valence-corrected chi connectivity index (χ4v) is 7.09. The lowest BCUT2D eigenvalue weighted by Crippen LogP contribution is -2.48. The van der Waals surface area contributed by atoms with Crippen LogP contribution in [0.2, 0.25) is 5.15 Å². The lowest BCUT2D eigenvalue weighted by Gasteiger charge is -2.31. The first-order valence-electron chi connectivity index (χ1n) is 15.8. The summed E-state index contributed by atoms with van der Waals surface area (Å²) >= 11 is 6.23. The molecule has 1 aliphatic heterocycles. The molecule has 3 heterocycles. The van der Waals surface area contributed by atoms with Crippen LogP contribution in [0.3, 0.4) is 0 Å². The first-order valence-corrected chi connectivity index (χ1v) is 17.7. The van der Waals surface area contributed by atoms with E-state index in [1.165, 1.54) is 31.4 Å². The second kappa shape index (κ2) is 14.8. The minimum Gasteiger partial charge on any atom is -0.364 e. The van der Waals surface area contributed by atoms with Crippen LogP contribution in [0.15, 0.2) is 59.6 Å². The molecule has 2 unspecified atom stereocenters. The van der Waals surface area contributed by atoms with Crippen molar-refractivity contribution in [2.75, 3.05) is 19.0 Å². The van der Waals surface area contributed by atoms with Crippen LogP contribution in [-0.2, 0) is 25.0 Å². The Morgan fingerprint density at radius 2 is 1.70 bits per heavy atom. The second-order valence-electron chi connectivity index (χ2n) is 13.9. The molecule has 2 aromatic heterocycles. The van der Waals surface area contributed by atoms with E-state index in [0.717, 1.165) is 4.90 Å². The highest BCUT2D eigenvalue weighted by atomic mass is 35.5. The standard InChI is InChI=1S/C34H41ClF3N5O6S/c1-32(2,3)25-17-15-23(28(35)40-25)29(44)42-50(47,48)27-9-7-8-26(41-27)39-24(21-11-13-22(14-12-21)30(45)49-6)16-10-20-18-33(4,5)43(19-20)31(46)34(36,37)38/h7-9,11-15,17,20,24,30,45H,10,16,18-19H2,1-6H3,(H,39,41)(H,42,44)/t20-,24?,30?/m0/s1. The van der Waals surface area contributed by atoms with Crippen molar-refractivity contribution in [1.82, 2.24) is 19.6 Å². The van der Waals surface area contributed by atoms with Gasteiger partial charge in [-0.15, -0.1) is 0 Å². The molecule has 0 aliphatic carbocycles. The molecule has 4 rings (SSSR count). The van der Waals surface area contributed by atoms with Gasteiger partial charge in [0.05, 0.1) is 11.6 Å². The van der Waals surface area contributed by atoms with Crippen LogP contribution in [0.5, 0.6) is 0 Å². The minimum atomic E-state index is -4.98. The molecule has 50 heavy (non-hydrogen) atoms. The average Bonchev–Trinajstić information content (AvgIpc) is 3.34. The topological polar surface area (TPSA) is 151 Å². The Morgan fingerprint density at radius 1 is 1.06 bits per heavy atom. The van der Waals surface area contributed by atoms with E-state index in [0.29, 0.717) is 36.1 Å². The maximum absolute atomic E-state index is 13.3. The fraction of sp³-hybridized carbons (Fsp3) is 0.471. The van der Waals surface area contributed by atoms with Gasteiger partial charge in [0, 0.05) is 35.9 Å². The van der Waals surface area contributed by atoms with E-state index >= 15 is 0 Å². The Labute approximate surface area is 294 Å². The predicted molar refractivity (Wildman–Crippen MR) is 181 cm³/mol. The zero-order chi connectivity index (χ0) is 37.2. The number of nitrogens with one attached hydrogen (secondary N) is 2. The number of nitrogens with zero attached hydrogens (tertiary/aromatic N) is 3. The molecule has 16 heteroatoms. The number of amides is 2. The largest absolute Gasteiger partial charge is 0.471 e. The van der Waals surface area contributed by atoms with Crippen LogP contribution >= 0.6 is 11.6 Å². The van der Waals surface area contributed by atoms with Gasteiger partial charge in [-0.25, -0.2) is 14.7 Å². The summed E-state index contributed by atoms with van der Waals surface area (Å²) in [6, 6.07) is 13.4. The average molecular weight is 740 g/mol. The summed E-state index contributed by atoms with van der Waals surface area (Å²) in [5, 5.41) is 12.7. The number of carbonyl (C=O) groups excluding carboxylic acids is 2. The number of likely N-dealkylation sites (tertiary alicyclic amines) is 1. The quantitative estimate of drug-likeness (QED) is 0.152. The van der Waals surface area contributed by atoms with Gasteiger partial charge >= 0.3 is 12.1 Å². The third-order valence-electron chi connectivity index (χ3n) is 8.57. The van der Waals surface area contributed by atoms with Gasteiger partial charge in [0.25, 0.3) is 15.9 Å². The summed E-state index contributed by atoms with van der Waals surface area (Å²) < 4.78 is 73.4. The summed E-state index contributed by atoms with van der Waals surface area (Å²) in [6.45, 7) is 8.88. The van der Waals surface area contributed by atoms with Crippen molar-refractivity contribution in [2.45, 2.75) is 88.4 Å². The number of carbonyl (C=O) groups is 2. The highest BCUT2D eigenvalue weighted by Gasteiger charge is 2.50. The highest BCUT2D eigenvalue weighted by molar-refractivity contribution is 7.90. The van der Waals surface area contributed by atoms with Gasteiger partial charge in [-0.05, 0) is 68.9 Å². The number of ether oxygens (including phenoxy) is 1. The maximum Gasteiger partial charge on any atom is 0.471 e. The van der Waals surface area contributed by atoms with E-state index in [9.17, 15) is 36.3 Å². The number of aliphatic hydroxyl groups excluding tert-OH is 1. The van der Waals surface area contributed by atoms with Crippen LogP contribution in [0.25, 0.3) is 0 Å². The lowest BCUT2D eigenvalue weighted by atomic mass is 9.90. The smallest absolute Gasteiger partial charge is 0.364 e. The molecule has 2 amide bonds. The Hall–Kier alpha value is -3.79. The van der Waals surface area contributed by atoms with Crippen molar-refractivity contribution in [2.24, 2.45) is 5.92 Å². The van der Waals surface area contributed by atoms with Crippen LogP contribution in [0.1, 0.15) is 93.4 Å². The molecule has 1 fully saturated rings. The molecule has 1 aliphatic rings. The number of hydrogen-bond acceptors (Lipinski definition) is 9. The Bertz CT molecular complexity index is 1820. The summed E-state index contributed by atoms with van der Waals surface area (Å²) in [5.41, 5.74) is 0.325. The summed E-state index contributed by atoms with van der Waals surface area (Å²) in [7, 11) is -3.13. The molecule has 3 N–H and O–H groups in total. The number of hydrogen-bond donors (Lipinski definition) is 3. The molecule has 0 saturated carbocycles. The number of methoxy groups -OCH3 is 1. The molecular weight excluding hydrogens is 699 g/mol. The zero-order valence-corrected chi connectivity index (χ0v) is 30.1. The number of pyridine rings is 2. The van der Waals surface area contributed by atoms with Crippen LogP contribution < -0.4 is 10.0 Å². The molecule has 0 radical (unpaired) electrons. The zero-order valence-electron chi connectivity index (χ0n) is 28.5. The van der Waals surface area contributed by atoms with Gasteiger partial charge < -0.3 is 20.1 Å². The third kappa shape index (κ3) is 9.30. The number of sulfonamides is 1. The molecule has 1 saturated heterocycles. The minimum absolute atomic E-state index is 0.0683. The van der Waals surface area contributed by atoms with Gasteiger partial charge in [-0.2, -0.15) is 21.6 Å². The van der Waals surface area contributed by atoms with E-state index in [1.807, 2.05) is 25.5 Å². The van der Waals surface area contributed by atoms with Crippen LogP contribution in [-0.4, -0.2) is 65.6 Å². The third-order valence-corrected chi connectivity index (χ3v) is 10.1. The molecule has 3 atom stereocenters. The van der Waals surface area contributed by atoms with Gasteiger partial charge in [0.2, 0.25) is 0 Å². The number of rotatable bonds is 11. The van der Waals surface area contributed by atoms with Crippen molar-refractivity contribution in [3.8, 4) is 0 Å². The molecule has 0 spiro atoms. The molecule has 11 nitrogen and oxygen atoms in total. The number of alkyl halides is 3. The van der Waals surface area contributed by atoms with Crippen LogP contribution in [0.4, 0.5) is 19.0 Å². The van der Waals surface area contributed by atoms with Gasteiger partial charge in [0.1, 0.15) is 11.0 Å². The number of benzene rings is 1. The van der Waals surface area contributed by atoms with E-state index in [2.05, 4.69) is 15.3 Å². The van der Waals surface area contributed by atoms with Crippen molar-refractivity contribution in [3.05, 3.63) is 82.1 Å². The van der Waals surface area contributed by atoms with Gasteiger partial charge in [-0.3, -0.25) is 9.59 Å². The van der Waals surface area contributed by atoms with Crippen LogP contribution in [0, 0.1) is 5.92 Å². The molecule has 3 aromatic rings. The summed E-state index contributed by atoms with van der Waals surface area (Å²) in [4.78, 5) is 34.4. The Kier molecular flexibility index (Phi) is 11.6. The first-order chi connectivity index (χ1) is 23.1. The monoisotopic (exact) mass is 739 g/mol. The Balaban J connectivity index is 1.56. The van der Waals surface area contributed by atoms with E-state index in [1.54, 1.807) is 44.2 Å². The van der Waals surface area contributed by atoms with Crippen molar-refractivity contribution < 1.29 is 41.0 Å². The van der Waals surface area contributed by atoms with E-state index < -0.39 is 50.9 Å². The predicted octanol–water partition coefficient (Wildman–Crippen LogP) is 6.31. The van der Waals surface area contributed by atoms with Crippen molar-refractivity contribution >= 4 is 39.3 Å². The van der Waals surface area contributed by atoms with E-state index in [-0.39, 0.29) is 34.4 Å². The Morgan fingerprint density at radius 3 is 2.28 bits per heavy atom. The fourth-order valence-electron chi connectivity index (χ4n) is 5.92. The van der Waals surface area contributed by atoms with Gasteiger partial charge in [0.15, 0.2) is 11.3 Å². The number of aromatic nitrogens is 2. The SMILES string of the molecule is COC(O)c1ccc(C(CC[C@@H]2CN(C(=O)C(F)(F)F)C(C)(C)C2)Nc2cccc(S(=O)(=O)NC(=O)c3ccc(C(C)(C)C)nc3Cl)n2)cc1. The molecule has 0 bridgehead atoms. The molecule has 1 aromatic carbocycles. The van der Waals surface area contributed by atoms with E-state index in [4.69, 9.17) is 16.3 Å². The number of halogens is 4. The molecule has 272 valence electrons. The summed E-state index contributed by atoms with van der Waals surface area (Å²) in [5.74, 6) is -2.97. The first kappa shape index (κ1) is 39.0. The number of anilines is 1. The summed E-state index contributed by atoms with van der Waals surface area (Å²) in [6.07, 6.45) is -5.00.